The smallest absolute Gasteiger partial charge is 0.252 e. The predicted molar refractivity (Wildman–Crippen MR) is 96.0 cm³/mol. The zero-order valence-electron chi connectivity index (χ0n) is 13.5. The van der Waals surface area contributed by atoms with E-state index < -0.39 is 5.91 Å². The number of primary amides is 1. The third kappa shape index (κ3) is 3.28. The van der Waals surface area contributed by atoms with Gasteiger partial charge in [0.1, 0.15) is 5.00 Å². The highest BCUT2D eigenvalue weighted by atomic mass is 32.1. The van der Waals surface area contributed by atoms with Crippen LogP contribution in [-0.4, -0.2) is 23.8 Å². The fourth-order valence-electron chi connectivity index (χ4n) is 2.91. The van der Waals surface area contributed by atoms with Gasteiger partial charge in [-0.2, -0.15) is 0 Å². The number of benzene rings is 1. The van der Waals surface area contributed by atoms with Crippen molar-refractivity contribution in [3.8, 4) is 11.5 Å². The quantitative estimate of drug-likeness (QED) is 0.813. The van der Waals surface area contributed by atoms with Crippen LogP contribution in [0.4, 0.5) is 5.00 Å². The first-order valence-corrected chi connectivity index (χ1v) is 8.86. The first-order valence-electron chi connectivity index (χ1n) is 8.04. The number of nitrogens with zero attached hydrogens (tertiary/aromatic N) is 1. The number of carbonyl (C=O) groups excluding carboxylic acids is 1. The van der Waals surface area contributed by atoms with E-state index in [1.54, 1.807) is 35.8 Å². The summed E-state index contributed by atoms with van der Waals surface area (Å²) >= 11 is 1.55. The van der Waals surface area contributed by atoms with Crippen LogP contribution in [0.5, 0.6) is 11.5 Å². The molecule has 3 rings (SSSR count). The number of aliphatic imine (C=N–C) groups is 1. The lowest BCUT2D eigenvalue weighted by molar-refractivity contribution is 0.100. The van der Waals surface area contributed by atoms with Crippen LogP contribution < -0.4 is 10.5 Å². The Bertz CT molecular complexity index is 796. The van der Waals surface area contributed by atoms with E-state index in [2.05, 4.69) is 4.99 Å². The number of aromatic hydroxyl groups is 1. The Morgan fingerprint density at radius 2 is 2.21 bits per heavy atom. The van der Waals surface area contributed by atoms with E-state index in [0.29, 0.717) is 22.9 Å². The molecule has 0 saturated carbocycles. The summed E-state index contributed by atoms with van der Waals surface area (Å²) in [4.78, 5) is 17.6. The van der Waals surface area contributed by atoms with Gasteiger partial charge in [-0.3, -0.25) is 4.79 Å². The first kappa shape index (κ1) is 16.5. The van der Waals surface area contributed by atoms with Gasteiger partial charge in [-0.1, -0.05) is 0 Å². The monoisotopic (exact) mass is 344 g/mol. The highest BCUT2D eigenvalue weighted by Crippen LogP contribution is 2.39. The van der Waals surface area contributed by atoms with E-state index in [0.717, 1.165) is 36.8 Å². The van der Waals surface area contributed by atoms with Crippen molar-refractivity contribution >= 4 is 28.5 Å². The molecule has 1 aliphatic carbocycles. The second-order valence-electron chi connectivity index (χ2n) is 5.67. The second kappa shape index (κ2) is 7.05. The van der Waals surface area contributed by atoms with Gasteiger partial charge in [0.05, 0.1) is 12.2 Å². The van der Waals surface area contributed by atoms with Crippen LogP contribution >= 0.6 is 11.3 Å². The molecular formula is C18H20N2O3S. The van der Waals surface area contributed by atoms with E-state index in [1.807, 2.05) is 6.92 Å². The summed E-state index contributed by atoms with van der Waals surface area (Å²) in [5.74, 6) is 0.0997. The topological polar surface area (TPSA) is 84.9 Å². The largest absolute Gasteiger partial charge is 0.504 e. The van der Waals surface area contributed by atoms with E-state index >= 15 is 0 Å². The molecule has 3 N–H and O–H groups in total. The third-order valence-corrected chi connectivity index (χ3v) is 5.21. The Hall–Kier alpha value is -2.34. The van der Waals surface area contributed by atoms with Crippen molar-refractivity contribution in [1.82, 2.24) is 0 Å². The van der Waals surface area contributed by atoms with Gasteiger partial charge in [-0.25, -0.2) is 4.99 Å². The van der Waals surface area contributed by atoms with Crippen LogP contribution in [0.3, 0.4) is 0 Å². The molecule has 1 aromatic carbocycles. The molecule has 0 spiro atoms. The van der Waals surface area contributed by atoms with Crippen LogP contribution in [0, 0.1) is 0 Å². The summed E-state index contributed by atoms with van der Waals surface area (Å²) in [6.07, 6.45) is 5.79. The Labute approximate surface area is 144 Å². The van der Waals surface area contributed by atoms with Crippen molar-refractivity contribution in [3.63, 3.8) is 0 Å². The van der Waals surface area contributed by atoms with Gasteiger partial charge in [0, 0.05) is 11.1 Å². The predicted octanol–water partition coefficient (Wildman–Crippen LogP) is 3.58. The van der Waals surface area contributed by atoms with E-state index in [9.17, 15) is 9.90 Å². The number of phenolic OH excluding ortho intramolecular Hbond substituents is 1. The minimum absolute atomic E-state index is 0.0958. The van der Waals surface area contributed by atoms with Crippen LogP contribution in [0.15, 0.2) is 23.2 Å². The zero-order valence-corrected chi connectivity index (χ0v) is 14.4. The molecule has 0 bridgehead atoms. The summed E-state index contributed by atoms with van der Waals surface area (Å²) in [5.41, 5.74) is 8.01. The van der Waals surface area contributed by atoms with Crippen molar-refractivity contribution in [2.75, 3.05) is 6.61 Å². The Morgan fingerprint density at radius 1 is 1.42 bits per heavy atom. The molecule has 2 aromatic rings. The number of rotatable bonds is 5. The van der Waals surface area contributed by atoms with Crippen LogP contribution in [-0.2, 0) is 12.8 Å². The van der Waals surface area contributed by atoms with E-state index in [1.165, 1.54) is 4.88 Å². The highest BCUT2D eigenvalue weighted by molar-refractivity contribution is 7.16. The molecule has 0 radical (unpaired) electrons. The van der Waals surface area contributed by atoms with E-state index in [-0.39, 0.29) is 5.75 Å². The van der Waals surface area contributed by atoms with Crippen LogP contribution in [0.2, 0.25) is 0 Å². The number of ether oxygens (including phenoxy) is 1. The molecule has 1 aromatic heterocycles. The van der Waals surface area contributed by atoms with Gasteiger partial charge in [0.25, 0.3) is 5.91 Å². The molecule has 1 amide bonds. The summed E-state index contributed by atoms with van der Waals surface area (Å²) < 4.78 is 5.37. The average molecular weight is 344 g/mol. The molecule has 0 fully saturated rings. The fraction of sp³-hybridized carbons (Fsp3) is 0.333. The minimum atomic E-state index is -0.415. The minimum Gasteiger partial charge on any atom is -0.504 e. The van der Waals surface area contributed by atoms with Crippen molar-refractivity contribution < 1.29 is 14.6 Å². The maximum atomic E-state index is 11.9. The number of hydrogen-bond donors (Lipinski definition) is 2. The number of carbonyl (C=O) groups is 1. The third-order valence-electron chi connectivity index (χ3n) is 4.01. The molecule has 0 saturated heterocycles. The van der Waals surface area contributed by atoms with E-state index in [4.69, 9.17) is 10.5 Å². The molecule has 5 nitrogen and oxygen atoms in total. The molecule has 24 heavy (non-hydrogen) atoms. The Kier molecular flexibility index (Phi) is 4.85. The lowest BCUT2D eigenvalue weighted by atomic mass is 9.95. The summed E-state index contributed by atoms with van der Waals surface area (Å²) in [7, 11) is 0. The molecular weight excluding hydrogens is 324 g/mol. The number of thiophene rings is 1. The molecule has 126 valence electrons. The number of hydrogen-bond acceptors (Lipinski definition) is 5. The normalized spacial score (nSPS) is 13.9. The second-order valence-corrected chi connectivity index (χ2v) is 6.76. The Balaban J connectivity index is 1.93. The standard InChI is InChI=1S/C18H20N2O3S/c1-2-23-14-9-11(7-8-13(14)21)10-20-18-16(17(19)22)12-5-3-4-6-15(12)24-18/h7-10,21H,2-6H2,1H3,(H2,19,22)/b20-10+. The van der Waals surface area contributed by atoms with Gasteiger partial charge in [-0.05, 0) is 61.9 Å². The molecule has 0 unspecified atom stereocenters. The summed E-state index contributed by atoms with van der Waals surface area (Å²) in [6, 6.07) is 5.04. The van der Waals surface area contributed by atoms with Crippen molar-refractivity contribution in [2.45, 2.75) is 32.6 Å². The van der Waals surface area contributed by atoms with Gasteiger partial charge in [0.2, 0.25) is 0 Å². The first-order chi connectivity index (χ1) is 11.6. The van der Waals surface area contributed by atoms with Crippen molar-refractivity contribution in [2.24, 2.45) is 10.7 Å². The SMILES string of the molecule is CCOc1cc(/C=N/c2sc3c(c2C(N)=O)CCCC3)ccc1O. The number of aryl methyl sites for hydroxylation is 1. The van der Waals surface area contributed by atoms with Gasteiger partial charge >= 0.3 is 0 Å². The lowest BCUT2D eigenvalue weighted by Gasteiger charge is -2.10. The average Bonchev–Trinajstić information content (AvgIpc) is 2.94. The van der Waals surface area contributed by atoms with Crippen molar-refractivity contribution in [1.29, 1.82) is 0 Å². The van der Waals surface area contributed by atoms with Crippen LogP contribution in [0.25, 0.3) is 0 Å². The number of fused-ring (bicyclic) bond motifs is 1. The van der Waals surface area contributed by atoms with Gasteiger partial charge in [-0.15, -0.1) is 11.3 Å². The highest BCUT2D eigenvalue weighted by Gasteiger charge is 2.23. The fourth-order valence-corrected chi connectivity index (χ4v) is 4.15. The maximum Gasteiger partial charge on any atom is 0.252 e. The van der Waals surface area contributed by atoms with Crippen molar-refractivity contribution in [3.05, 3.63) is 39.8 Å². The molecule has 1 aliphatic rings. The molecule has 6 heteroatoms. The Morgan fingerprint density at radius 3 is 2.96 bits per heavy atom. The zero-order chi connectivity index (χ0) is 17.1. The number of nitrogens with two attached hydrogens (primary N) is 1. The van der Waals surface area contributed by atoms with Gasteiger partial charge in [0.15, 0.2) is 11.5 Å². The molecule has 1 heterocycles. The lowest BCUT2D eigenvalue weighted by Crippen LogP contribution is -2.14. The van der Waals surface area contributed by atoms with Crippen LogP contribution in [0.1, 0.15) is 46.1 Å². The maximum absolute atomic E-state index is 11.9. The summed E-state index contributed by atoms with van der Waals surface area (Å²) in [6.45, 7) is 2.33. The number of phenols is 1. The molecule has 0 aliphatic heterocycles. The summed E-state index contributed by atoms with van der Waals surface area (Å²) in [5, 5.41) is 10.4. The number of amides is 1. The van der Waals surface area contributed by atoms with Gasteiger partial charge < -0.3 is 15.6 Å². The molecule has 0 atom stereocenters.